The van der Waals surface area contributed by atoms with Crippen molar-refractivity contribution in [2.45, 2.75) is 39.4 Å². The maximum absolute atomic E-state index is 11.2. The zero-order chi connectivity index (χ0) is 21.5. The van der Waals surface area contributed by atoms with Gasteiger partial charge in [-0.15, -0.1) is 0 Å². The molecule has 0 bridgehead atoms. The van der Waals surface area contributed by atoms with Gasteiger partial charge in [0.15, 0.2) is 0 Å². The molecule has 0 fully saturated rings. The Kier molecular flexibility index (Phi) is 7.10. The predicted molar refractivity (Wildman–Crippen MR) is 116 cm³/mol. The summed E-state index contributed by atoms with van der Waals surface area (Å²) in [5, 5.41) is 22.7. The molecule has 0 aliphatic rings. The molecule has 1 aromatic heterocycles. The largest absolute Gasteiger partial charge is 0.489 e. The number of rotatable bonds is 9. The van der Waals surface area contributed by atoms with Crippen LogP contribution in [0.3, 0.4) is 0 Å². The molecule has 1 N–H and O–H groups in total. The fourth-order valence-electron chi connectivity index (χ4n) is 3.12. The second-order valence-corrected chi connectivity index (χ2v) is 7.87. The third kappa shape index (κ3) is 5.62. The van der Waals surface area contributed by atoms with Gasteiger partial charge < -0.3 is 14.6 Å². The standard InChI is InChI=1S/C24H23NO4S/c1-16-3-4-17(2)21(11-16)22(7-8-24(26)27)29-23-12-20(6-5-19(23)13-25)28-14-18-9-10-30-15-18/h3-6,9-12,15,22H,7-8,14H2,1-2H3,(H,26,27)/t22-/m0/s1. The summed E-state index contributed by atoms with van der Waals surface area (Å²) in [6.45, 7) is 4.38. The Bertz CT molecular complexity index is 1050. The summed E-state index contributed by atoms with van der Waals surface area (Å²) >= 11 is 1.60. The lowest BCUT2D eigenvalue weighted by Gasteiger charge is -2.22. The van der Waals surface area contributed by atoms with Gasteiger partial charge in [0, 0.05) is 12.5 Å². The van der Waals surface area contributed by atoms with Crippen molar-refractivity contribution in [1.82, 2.24) is 0 Å². The minimum atomic E-state index is -0.887. The first-order valence-electron chi connectivity index (χ1n) is 9.60. The molecule has 6 heteroatoms. The average molecular weight is 422 g/mol. The normalized spacial score (nSPS) is 11.5. The summed E-state index contributed by atoms with van der Waals surface area (Å²) in [6.07, 6.45) is -0.223. The Morgan fingerprint density at radius 1 is 1.20 bits per heavy atom. The number of nitriles is 1. The Morgan fingerprint density at radius 2 is 2.03 bits per heavy atom. The number of aryl methyl sites for hydroxylation is 2. The van der Waals surface area contributed by atoms with Crippen LogP contribution in [0.25, 0.3) is 0 Å². The number of hydrogen-bond donors (Lipinski definition) is 1. The highest BCUT2D eigenvalue weighted by atomic mass is 32.1. The van der Waals surface area contributed by atoms with Gasteiger partial charge in [-0.2, -0.15) is 16.6 Å². The quantitative estimate of drug-likeness (QED) is 0.472. The van der Waals surface area contributed by atoms with Crippen LogP contribution in [-0.4, -0.2) is 11.1 Å². The minimum absolute atomic E-state index is 0.0335. The first-order chi connectivity index (χ1) is 14.5. The fraction of sp³-hybridized carbons (Fsp3) is 0.250. The van der Waals surface area contributed by atoms with Crippen LogP contribution in [0.5, 0.6) is 11.5 Å². The zero-order valence-electron chi connectivity index (χ0n) is 16.9. The van der Waals surface area contributed by atoms with Gasteiger partial charge in [-0.1, -0.05) is 23.8 Å². The number of carboxylic acids is 1. The van der Waals surface area contributed by atoms with Crippen molar-refractivity contribution in [3.05, 3.63) is 81.0 Å². The lowest BCUT2D eigenvalue weighted by Crippen LogP contribution is -2.12. The highest BCUT2D eigenvalue weighted by Crippen LogP contribution is 2.33. The molecule has 1 atom stereocenters. The highest BCUT2D eigenvalue weighted by molar-refractivity contribution is 7.07. The first kappa shape index (κ1) is 21.4. The van der Waals surface area contributed by atoms with Crippen molar-refractivity contribution < 1.29 is 19.4 Å². The summed E-state index contributed by atoms with van der Waals surface area (Å²) < 4.78 is 12.1. The van der Waals surface area contributed by atoms with E-state index in [1.165, 1.54) is 0 Å². The van der Waals surface area contributed by atoms with Gasteiger partial charge >= 0.3 is 5.97 Å². The molecule has 5 nitrogen and oxygen atoms in total. The highest BCUT2D eigenvalue weighted by Gasteiger charge is 2.20. The molecular formula is C24H23NO4S. The van der Waals surface area contributed by atoms with E-state index in [0.717, 1.165) is 22.3 Å². The molecule has 0 saturated heterocycles. The van der Waals surface area contributed by atoms with E-state index in [-0.39, 0.29) is 6.42 Å². The third-order valence-corrected chi connectivity index (χ3v) is 5.46. The zero-order valence-corrected chi connectivity index (χ0v) is 17.7. The lowest BCUT2D eigenvalue weighted by molar-refractivity contribution is -0.137. The van der Waals surface area contributed by atoms with Crippen molar-refractivity contribution in [1.29, 1.82) is 5.26 Å². The molecule has 3 rings (SSSR count). The van der Waals surface area contributed by atoms with E-state index in [9.17, 15) is 15.2 Å². The molecule has 0 amide bonds. The van der Waals surface area contributed by atoms with Gasteiger partial charge in [0.05, 0.1) is 5.56 Å². The lowest BCUT2D eigenvalue weighted by atomic mass is 9.97. The molecule has 154 valence electrons. The average Bonchev–Trinajstić information content (AvgIpc) is 3.25. The van der Waals surface area contributed by atoms with Gasteiger partial charge in [0.25, 0.3) is 0 Å². The van der Waals surface area contributed by atoms with E-state index in [1.807, 2.05) is 48.9 Å². The number of benzene rings is 2. The van der Waals surface area contributed by atoms with Gasteiger partial charge in [0.2, 0.25) is 0 Å². The summed E-state index contributed by atoms with van der Waals surface area (Å²) in [6, 6.07) is 15.2. The van der Waals surface area contributed by atoms with E-state index in [0.29, 0.717) is 30.1 Å². The van der Waals surface area contributed by atoms with Crippen LogP contribution in [0, 0.1) is 25.2 Å². The topological polar surface area (TPSA) is 79.6 Å². The van der Waals surface area contributed by atoms with Crippen molar-refractivity contribution in [2.24, 2.45) is 0 Å². The van der Waals surface area contributed by atoms with Gasteiger partial charge in [-0.05, 0) is 65.9 Å². The molecule has 0 aliphatic heterocycles. The predicted octanol–water partition coefficient (Wildman–Crippen LogP) is 5.80. The van der Waals surface area contributed by atoms with E-state index < -0.39 is 12.1 Å². The number of thiophene rings is 1. The maximum atomic E-state index is 11.2. The van der Waals surface area contributed by atoms with E-state index in [2.05, 4.69) is 6.07 Å². The van der Waals surface area contributed by atoms with Crippen LogP contribution in [-0.2, 0) is 11.4 Å². The Morgan fingerprint density at radius 3 is 2.73 bits per heavy atom. The SMILES string of the molecule is Cc1ccc(C)c([C@H](CCC(=O)O)Oc2cc(OCc3ccsc3)ccc2C#N)c1. The molecule has 2 aromatic carbocycles. The van der Waals surface area contributed by atoms with Crippen LogP contribution in [0.2, 0.25) is 0 Å². The molecule has 1 heterocycles. The van der Waals surface area contributed by atoms with Crippen molar-refractivity contribution in [2.75, 3.05) is 0 Å². The van der Waals surface area contributed by atoms with Crippen molar-refractivity contribution in [3.8, 4) is 17.6 Å². The van der Waals surface area contributed by atoms with Crippen molar-refractivity contribution >= 4 is 17.3 Å². The molecule has 0 spiro atoms. The molecule has 30 heavy (non-hydrogen) atoms. The maximum Gasteiger partial charge on any atom is 0.303 e. The monoisotopic (exact) mass is 421 g/mol. The van der Waals surface area contributed by atoms with Gasteiger partial charge in [-0.3, -0.25) is 4.79 Å². The van der Waals surface area contributed by atoms with Crippen LogP contribution >= 0.6 is 11.3 Å². The number of aliphatic carboxylic acids is 1. The molecule has 0 saturated carbocycles. The minimum Gasteiger partial charge on any atom is -0.489 e. The number of ether oxygens (including phenoxy) is 2. The van der Waals surface area contributed by atoms with Crippen LogP contribution < -0.4 is 9.47 Å². The van der Waals surface area contributed by atoms with Gasteiger partial charge in [0.1, 0.15) is 30.3 Å². The number of carbonyl (C=O) groups is 1. The van der Waals surface area contributed by atoms with Crippen LogP contribution in [0.15, 0.2) is 53.2 Å². The Hall–Kier alpha value is -3.30. The fourth-order valence-corrected chi connectivity index (χ4v) is 3.77. The molecular weight excluding hydrogens is 398 g/mol. The van der Waals surface area contributed by atoms with E-state index in [1.54, 1.807) is 29.5 Å². The number of hydrogen-bond acceptors (Lipinski definition) is 5. The third-order valence-electron chi connectivity index (χ3n) is 4.73. The number of carboxylic acid groups (broad SMARTS) is 1. The van der Waals surface area contributed by atoms with Gasteiger partial charge in [-0.25, -0.2) is 0 Å². The first-order valence-corrected chi connectivity index (χ1v) is 10.5. The van der Waals surface area contributed by atoms with E-state index in [4.69, 9.17) is 9.47 Å². The Labute approximate surface area is 180 Å². The van der Waals surface area contributed by atoms with E-state index >= 15 is 0 Å². The molecule has 0 unspecified atom stereocenters. The summed E-state index contributed by atoms with van der Waals surface area (Å²) in [7, 11) is 0. The second kappa shape index (κ2) is 9.95. The molecule has 0 radical (unpaired) electrons. The van der Waals surface area contributed by atoms with Crippen LogP contribution in [0.4, 0.5) is 0 Å². The second-order valence-electron chi connectivity index (χ2n) is 7.09. The summed E-state index contributed by atoms with van der Waals surface area (Å²) in [5.41, 5.74) is 4.45. The van der Waals surface area contributed by atoms with Crippen LogP contribution in [0.1, 0.15) is 46.8 Å². The summed E-state index contributed by atoms with van der Waals surface area (Å²) in [5.74, 6) is 0.0898. The number of nitrogens with zero attached hydrogens (tertiary/aromatic N) is 1. The smallest absolute Gasteiger partial charge is 0.303 e. The molecule has 0 aliphatic carbocycles. The summed E-state index contributed by atoms with van der Waals surface area (Å²) in [4.78, 5) is 11.2. The molecule has 3 aromatic rings. The van der Waals surface area contributed by atoms with Crippen molar-refractivity contribution in [3.63, 3.8) is 0 Å². The Balaban J connectivity index is 1.88.